The van der Waals surface area contributed by atoms with E-state index in [1.54, 1.807) is 0 Å². The summed E-state index contributed by atoms with van der Waals surface area (Å²) in [5, 5.41) is 9.05. The van der Waals surface area contributed by atoms with E-state index in [0.717, 1.165) is 22.3 Å². The van der Waals surface area contributed by atoms with Gasteiger partial charge in [0, 0.05) is 12.0 Å². The first kappa shape index (κ1) is 11.8. The summed E-state index contributed by atoms with van der Waals surface area (Å²) in [6.45, 7) is 3.89. The largest absolute Gasteiger partial charge is 0.481 e. The van der Waals surface area contributed by atoms with Crippen LogP contribution in [0.25, 0.3) is 0 Å². The number of rotatable bonds is 1. The van der Waals surface area contributed by atoms with Gasteiger partial charge in [-0.25, -0.2) is 0 Å². The van der Waals surface area contributed by atoms with Crippen molar-refractivity contribution in [1.82, 2.24) is 0 Å². The molecule has 0 saturated heterocycles. The minimum Gasteiger partial charge on any atom is -0.481 e. The van der Waals surface area contributed by atoms with Crippen molar-refractivity contribution in [3.05, 3.63) is 34.4 Å². The number of fused-ring (bicyclic) bond motifs is 1. The molecule has 0 heterocycles. The third-order valence-electron chi connectivity index (χ3n) is 3.56. The van der Waals surface area contributed by atoms with E-state index in [2.05, 4.69) is 0 Å². The number of aryl methyl sites for hydroxylation is 2. The van der Waals surface area contributed by atoms with Crippen LogP contribution in [0.1, 0.15) is 39.9 Å². The van der Waals surface area contributed by atoms with E-state index < -0.39 is 11.9 Å². The minimum atomic E-state index is -0.860. The first-order valence-electron chi connectivity index (χ1n) is 5.85. The molecule has 3 heteroatoms. The molecule has 1 N–H and O–H groups in total. The second kappa shape index (κ2) is 4.32. The van der Waals surface area contributed by atoms with Crippen molar-refractivity contribution in [3.8, 4) is 0 Å². The van der Waals surface area contributed by atoms with Crippen LogP contribution in [-0.2, 0) is 11.2 Å². The molecule has 1 atom stereocenters. The van der Waals surface area contributed by atoms with Gasteiger partial charge in [0.05, 0.1) is 5.92 Å². The fraction of sp³-hybridized carbons (Fsp3) is 0.429. The molecule has 17 heavy (non-hydrogen) atoms. The molecule has 3 nitrogen and oxygen atoms in total. The van der Waals surface area contributed by atoms with Crippen LogP contribution in [0.4, 0.5) is 0 Å². The van der Waals surface area contributed by atoms with Gasteiger partial charge in [-0.05, 0) is 43.4 Å². The maximum Gasteiger partial charge on any atom is 0.306 e. The Kier molecular flexibility index (Phi) is 3.01. The first-order valence-corrected chi connectivity index (χ1v) is 5.85. The van der Waals surface area contributed by atoms with Crippen molar-refractivity contribution in [3.63, 3.8) is 0 Å². The lowest BCUT2D eigenvalue weighted by Crippen LogP contribution is -2.16. The zero-order chi connectivity index (χ0) is 12.6. The molecule has 0 unspecified atom stereocenters. The van der Waals surface area contributed by atoms with Gasteiger partial charge in [0.25, 0.3) is 0 Å². The van der Waals surface area contributed by atoms with E-state index >= 15 is 0 Å². The predicted molar refractivity (Wildman–Crippen MR) is 64.3 cm³/mol. The van der Waals surface area contributed by atoms with Gasteiger partial charge in [0.1, 0.15) is 0 Å². The highest BCUT2D eigenvalue weighted by molar-refractivity contribution is 6.01. The van der Waals surface area contributed by atoms with Crippen molar-refractivity contribution in [1.29, 1.82) is 0 Å². The highest BCUT2D eigenvalue weighted by atomic mass is 16.4. The van der Waals surface area contributed by atoms with Gasteiger partial charge in [-0.15, -0.1) is 0 Å². The molecule has 0 aliphatic heterocycles. The van der Waals surface area contributed by atoms with Crippen LogP contribution in [0.2, 0.25) is 0 Å². The molecule has 90 valence electrons. The lowest BCUT2D eigenvalue weighted by molar-refractivity contribution is -0.141. The van der Waals surface area contributed by atoms with Crippen LogP contribution in [0.3, 0.4) is 0 Å². The molecule has 1 aliphatic rings. The van der Waals surface area contributed by atoms with E-state index in [-0.39, 0.29) is 12.2 Å². The van der Waals surface area contributed by atoms with E-state index in [1.165, 1.54) is 0 Å². The Balaban J connectivity index is 2.48. The van der Waals surface area contributed by atoms with Gasteiger partial charge >= 0.3 is 5.97 Å². The second-order valence-corrected chi connectivity index (χ2v) is 4.75. The highest BCUT2D eigenvalue weighted by Crippen LogP contribution is 2.29. The number of carboxylic acid groups (broad SMARTS) is 1. The minimum absolute atomic E-state index is 0.0221. The summed E-state index contributed by atoms with van der Waals surface area (Å²) >= 11 is 0. The fourth-order valence-corrected chi connectivity index (χ4v) is 2.54. The summed E-state index contributed by atoms with van der Waals surface area (Å²) in [7, 11) is 0. The Morgan fingerprint density at radius 3 is 2.59 bits per heavy atom. The quantitative estimate of drug-likeness (QED) is 0.757. The molecule has 0 spiro atoms. The molecule has 0 radical (unpaired) electrons. The van der Waals surface area contributed by atoms with Crippen molar-refractivity contribution in [2.75, 3.05) is 0 Å². The predicted octanol–water partition coefficient (Wildman–Crippen LogP) is 2.52. The summed E-state index contributed by atoms with van der Waals surface area (Å²) in [5.41, 5.74) is 3.85. The molecule has 1 aromatic rings. The van der Waals surface area contributed by atoms with Crippen molar-refractivity contribution >= 4 is 11.8 Å². The summed E-state index contributed by atoms with van der Waals surface area (Å²) in [4.78, 5) is 23.2. The van der Waals surface area contributed by atoms with E-state index in [0.29, 0.717) is 12.8 Å². The molecule has 1 aliphatic carbocycles. The van der Waals surface area contributed by atoms with Crippen molar-refractivity contribution in [2.24, 2.45) is 5.92 Å². The second-order valence-electron chi connectivity index (χ2n) is 4.75. The summed E-state index contributed by atoms with van der Waals surface area (Å²) in [6, 6.07) is 3.94. The summed E-state index contributed by atoms with van der Waals surface area (Å²) < 4.78 is 0. The zero-order valence-corrected chi connectivity index (χ0v) is 10.1. The number of carbonyl (C=O) groups excluding carboxylic acids is 1. The lowest BCUT2D eigenvalue weighted by Gasteiger charge is -2.10. The van der Waals surface area contributed by atoms with Gasteiger partial charge < -0.3 is 5.11 Å². The smallest absolute Gasteiger partial charge is 0.306 e. The standard InChI is InChI=1S/C14H16O3/c1-8-3-4-9(2)13-11(8)6-5-10(14(16)17)7-12(13)15/h3-4,10H,5-7H2,1-2H3,(H,16,17)/t10-/m0/s1. The van der Waals surface area contributed by atoms with Gasteiger partial charge in [-0.2, -0.15) is 0 Å². The van der Waals surface area contributed by atoms with Crippen LogP contribution < -0.4 is 0 Å². The van der Waals surface area contributed by atoms with Gasteiger partial charge in [-0.1, -0.05) is 12.1 Å². The average molecular weight is 232 g/mol. The third-order valence-corrected chi connectivity index (χ3v) is 3.56. The van der Waals surface area contributed by atoms with E-state index in [1.807, 2.05) is 26.0 Å². The van der Waals surface area contributed by atoms with Crippen molar-refractivity contribution < 1.29 is 14.7 Å². The molecule has 2 rings (SSSR count). The monoisotopic (exact) mass is 232 g/mol. The van der Waals surface area contributed by atoms with Gasteiger partial charge in [0.2, 0.25) is 0 Å². The Hall–Kier alpha value is -1.64. The molecular formula is C14H16O3. The lowest BCUT2D eigenvalue weighted by atomic mass is 9.93. The maximum atomic E-state index is 12.1. The molecule has 0 aromatic heterocycles. The van der Waals surface area contributed by atoms with Crippen LogP contribution in [0, 0.1) is 19.8 Å². The SMILES string of the molecule is Cc1ccc(C)c2c1CC[C@H](C(=O)O)CC2=O. The number of aliphatic carboxylic acids is 1. The first-order chi connectivity index (χ1) is 8.00. The number of carbonyl (C=O) groups is 2. The van der Waals surface area contributed by atoms with Crippen LogP contribution in [0.15, 0.2) is 12.1 Å². The van der Waals surface area contributed by atoms with Crippen molar-refractivity contribution in [2.45, 2.75) is 33.1 Å². The average Bonchev–Trinajstić information content (AvgIpc) is 2.44. The van der Waals surface area contributed by atoms with Crippen LogP contribution >= 0.6 is 0 Å². The number of hydrogen-bond acceptors (Lipinski definition) is 2. The Morgan fingerprint density at radius 2 is 1.94 bits per heavy atom. The number of benzene rings is 1. The number of carboxylic acids is 1. The van der Waals surface area contributed by atoms with E-state index in [4.69, 9.17) is 5.11 Å². The summed E-state index contributed by atoms with van der Waals surface area (Å²) in [6.07, 6.45) is 1.37. The zero-order valence-electron chi connectivity index (χ0n) is 10.1. The van der Waals surface area contributed by atoms with Gasteiger partial charge in [-0.3, -0.25) is 9.59 Å². The number of Topliss-reactive ketones (excluding diaryl/α,β-unsaturated/α-hetero) is 1. The Bertz CT molecular complexity index is 488. The molecule has 0 saturated carbocycles. The molecule has 0 fully saturated rings. The van der Waals surface area contributed by atoms with E-state index in [9.17, 15) is 9.59 Å². The highest BCUT2D eigenvalue weighted by Gasteiger charge is 2.28. The number of ketones is 1. The molecule has 0 bridgehead atoms. The third kappa shape index (κ3) is 2.09. The molecular weight excluding hydrogens is 216 g/mol. The normalized spacial score (nSPS) is 19.6. The Morgan fingerprint density at radius 1 is 1.29 bits per heavy atom. The Labute approximate surface area is 100 Å². The van der Waals surface area contributed by atoms with Gasteiger partial charge in [0.15, 0.2) is 5.78 Å². The summed E-state index contributed by atoms with van der Waals surface area (Å²) in [5.74, 6) is -1.42. The maximum absolute atomic E-state index is 12.1. The fourth-order valence-electron chi connectivity index (χ4n) is 2.54. The molecule has 1 aromatic carbocycles. The topological polar surface area (TPSA) is 54.4 Å². The number of hydrogen-bond donors (Lipinski definition) is 1. The molecule has 0 amide bonds. The van der Waals surface area contributed by atoms with Crippen LogP contribution in [0.5, 0.6) is 0 Å². The van der Waals surface area contributed by atoms with Crippen LogP contribution in [-0.4, -0.2) is 16.9 Å².